The van der Waals surface area contributed by atoms with E-state index in [4.69, 9.17) is 5.73 Å². The Bertz CT molecular complexity index is 577. The molecule has 0 unspecified atom stereocenters. The van der Waals surface area contributed by atoms with Gasteiger partial charge in [-0.3, -0.25) is 0 Å². The fourth-order valence-corrected chi connectivity index (χ4v) is 2.42. The van der Waals surface area contributed by atoms with Crippen LogP contribution >= 0.6 is 0 Å². The van der Waals surface area contributed by atoms with Crippen LogP contribution < -0.4 is 5.73 Å². The first-order valence-electron chi connectivity index (χ1n) is 5.09. The molecular formula is C11H14F3NO2S. The second kappa shape index (κ2) is 4.55. The second-order valence-corrected chi connectivity index (χ2v) is 6.86. The third-order valence-electron chi connectivity index (χ3n) is 2.21. The van der Waals surface area contributed by atoms with E-state index in [9.17, 15) is 21.6 Å². The van der Waals surface area contributed by atoms with E-state index in [2.05, 4.69) is 0 Å². The summed E-state index contributed by atoms with van der Waals surface area (Å²) in [5, 5.41) is 0. The molecule has 1 aromatic carbocycles. The lowest BCUT2D eigenvalue weighted by molar-refractivity contribution is 0.435. The maximum Gasteiger partial charge on any atom is 0.181 e. The molecule has 102 valence electrons. The van der Waals surface area contributed by atoms with Gasteiger partial charge in [-0.05, 0) is 31.9 Å². The lowest BCUT2D eigenvalue weighted by Gasteiger charge is -2.19. The highest BCUT2D eigenvalue weighted by Gasteiger charge is 2.27. The Morgan fingerprint density at radius 1 is 1.22 bits per heavy atom. The molecule has 1 aromatic rings. The van der Waals surface area contributed by atoms with Crippen LogP contribution in [0.3, 0.4) is 0 Å². The first-order valence-corrected chi connectivity index (χ1v) is 6.98. The largest absolute Gasteiger partial charge is 0.325 e. The SMILES string of the molecule is CC(C)(N)Cc1cc(F)c(S(C)(=O)=O)c(F)c1F. The average Bonchev–Trinajstić information content (AvgIpc) is 2.08. The highest BCUT2D eigenvalue weighted by molar-refractivity contribution is 7.90. The molecule has 0 bridgehead atoms. The third kappa shape index (κ3) is 3.23. The van der Waals surface area contributed by atoms with Crippen LogP contribution in [0.1, 0.15) is 19.4 Å². The van der Waals surface area contributed by atoms with Gasteiger partial charge in [0.25, 0.3) is 0 Å². The first kappa shape index (κ1) is 15.0. The van der Waals surface area contributed by atoms with Crippen molar-refractivity contribution >= 4 is 9.84 Å². The van der Waals surface area contributed by atoms with E-state index in [1.54, 1.807) is 13.8 Å². The average molecular weight is 281 g/mol. The minimum Gasteiger partial charge on any atom is -0.325 e. The monoisotopic (exact) mass is 281 g/mol. The highest BCUT2D eigenvalue weighted by Crippen LogP contribution is 2.25. The lowest BCUT2D eigenvalue weighted by atomic mass is 9.96. The normalized spacial score (nSPS) is 12.8. The molecule has 18 heavy (non-hydrogen) atoms. The molecule has 2 N–H and O–H groups in total. The Balaban J connectivity index is 3.48. The molecule has 0 heterocycles. The number of nitrogens with two attached hydrogens (primary N) is 1. The number of hydrogen-bond acceptors (Lipinski definition) is 3. The van der Waals surface area contributed by atoms with Crippen LogP contribution in [0.4, 0.5) is 13.2 Å². The molecule has 0 saturated carbocycles. The van der Waals surface area contributed by atoms with Crippen LogP contribution in [0, 0.1) is 17.5 Å². The fourth-order valence-electron chi connectivity index (χ4n) is 1.59. The Kier molecular flexibility index (Phi) is 3.78. The highest BCUT2D eigenvalue weighted by atomic mass is 32.2. The Hall–Kier alpha value is -1.08. The number of benzene rings is 1. The summed E-state index contributed by atoms with van der Waals surface area (Å²) >= 11 is 0. The van der Waals surface area contributed by atoms with Crippen molar-refractivity contribution in [1.29, 1.82) is 0 Å². The quantitative estimate of drug-likeness (QED) is 0.859. The molecule has 0 aromatic heterocycles. The van der Waals surface area contributed by atoms with Gasteiger partial charge in [-0.2, -0.15) is 0 Å². The van der Waals surface area contributed by atoms with Gasteiger partial charge in [0.05, 0.1) is 0 Å². The molecule has 0 atom stereocenters. The van der Waals surface area contributed by atoms with Crippen molar-refractivity contribution in [3.8, 4) is 0 Å². The van der Waals surface area contributed by atoms with Crippen LogP contribution in [-0.2, 0) is 16.3 Å². The van der Waals surface area contributed by atoms with Gasteiger partial charge in [0, 0.05) is 11.8 Å². The van der Waals surface area contributed by atoms with Crippen LogP contribution in [-0.4, -0.2) is 20.2 Å². The maximum atomic E-state index is 13.6. The van der Waals surface area contributed by atoms with Gasteiger partial charge in [-0.25, -0.2) is 21.6 Å². The predicted molar refractivity (Wildman–Crippen MR) is 61.4 cm³/mol. The molecule has 0 aliphatic rings. The summed E-state index contributed by atoms with van der Waals surface area (Å²) in [6.07, 6.45) is 0.497. The van der Waals surface area contributed by atoms with E-state index in [0.29, 0.717) is 12.3 Å². The molecule has 7 heteroatoms. The molecule has 0 saturated heterocycles. The molecule has 0 amide bonds. The van der Waals surface area contributed by atoms with Gasteiger partial charge in [-0.15, -0.1) is 0 Å². The van der Waals surface area contributed by atoms with Crippen molar-refractivity contribution in [3.05, 3.63) is 29.1 Å². The number of hydrogen-bond donors (Lipinski definition) is 1. The predicted octanol–water partition coefficient (Wildman–Crippen LogP) is 1.79. The van der Waals surface area contributed by atoms with Gasteiger partial charge in [0.1, 0.15) is 10.7 Å². The zero-order valence-corrected chi connectivity index (χ0v) is 11.0. The molecule has 0 radical (unpaired) electrons. The van der Waals surface area contributed by atoms with E-state index in [1.807, 2.05) is 0 Å². The van der Waals surface area contributed by atoms with Crippen molar-refractivity contribution in [2.45, 2.75) is 30.7 Å². The summed E-state index contributed by atoms with van der Waals surface area (Å²) in [7, 11) is -4.17. The molecule has 1 rings (SSSR count). The summed E-state index contributed by atoms with van der Waals surface area (Å²) in [6, 6.07) is 0.670. The Morgan fingerprint density at radius 2 is 1.72 bits per heavy atom. The lowest BCUT2D eigenvalue weighted by Crippen LogP contribution is -2.35. The number of sulfone groups is 1. The van der Waals surface area contributed by atoms with E-state index < -0.39 is 37.7 Å². The van der Waals surface area contributed by atoms with Crippen LogP contribution in [0.15, 0.2) is 11.0 Å². The minimum absolute atomic E-state index is 0.114. The molecule has 0 aliphatic heterocycles. The van der Waals surface area contributed by atoms with Crippen molar-refractivity contribution in [1.82, 2.24) is 0 Å². The van der Waals surface area contributed by atoms with Gasteiger partial charge >= 0.3 is 0 Å². The number of halogens is 3. The molecular weight excluding hydrogens is 267 g/mol. The molecule has 0 fully saturated rings. The van der Waals surface area contributed by atoms with Crippen molar-refractivity contribution in [2.75, 3.05) is 6.26 Å². The zero-order valence-electron chi connectivity index (χ0n) is 10.2. The van der Waals surface area contributed by atoms with E-state index in [-0.39, 0.29) is 12.0 Å². The van der Waals surface area contributed by atoms with E-state index in [1.165, 1.54) is 0 Å². The Morgan fingerprint density at radius 3 is 2.11 bits per heavy atom. The summed E-state index contributed by atoms with van der Waals surface area (Å²) < 4.78 is 63.0. The minimum atomic E-state index is -4.17. The van der Waals surface area contributed by atoms with Gasteiger partial charge < -0.3 is 5.73 Å². The third-order valence-corrected chi connectivity index (χ3v) is 3.32. The summed E-state index contributed by atoms with van der Waals surface area (Å²) in [4.78, 5) is -1.25. The van der Waals surface area contributed by atoms with E-state index >= 15 is 0 Å². The smallest absolute Gasteiger partial charge is 0.181 e. The molecule has 0 spiro atoms. The fraction of sp³-hybridized carbons (Fsp3) is 0.455. The Labute approximate surface area is 104 Å². The summed E-state index contributed by atoms with van der Waals surface area (Å²) in [5.41, 5.74) is 4.47. The topological polar surface area (TPSA) is 60.2 Å². The van der Waals surface area contributed by atoms with Crippen molar-refractivity contribution in [2.24, 2.45) is 5.73 Å². The molecule has 3 nitrogen and oxygen atoms in total. The zero-order chi connectivity index (χ0) is 14.3. The number of rotatable bonds is 3. The second-order valence-electron chi connectivity index (χ2n) is 4.91. The molecule has 0 aliphatic carbocycles. The standard InChI is InChI=1S/C11H14F3NO2S/c1-11(2,15)5-6-4-7(12)10(18(3,16)17)9(14)8(6)13/h4H,5,15H2,1-3H3. The maximum absolute atomic E-state index is 13.6. The summed E-state index contributed by atoms with van der Waals surface area (Å²) in [5.74, 6) is -4.39. The summed E-state index contributed by atoms with van der Waals surface area (Å²) in [6.45, 7) is 3.12. The van der Waals surface area contributed by atoms with Crippen LogP contribution in [0.2, 0.25) is 0 Å². The van der Waals surface area contributed by atoms with Gasteiger partial charge in [0.15, 0.2) is 21.5 Å². The van der Waals surface area contributed by atoms with Crippen molar-refractivity contribution < 1.29 is 21.6 Å². The first-order chi connectivity index (χ1) is 7.93. The van der Waals surface area contributed by atoms with Crippen molar-refractivity contribution in [3.63, 3.8) is 0 Å². The van der Waals surface area contributed by atoms with Gasteiger partial charge in [-0.1, -0.05) is 0 Å². The van der Waals surface area contributed by atoms with Crippen LogP contribution in [0.5, 0.6) is 0 Å². The van der Waals surface area contributed by atoms with Gasteiger partial charge in [0.2, 0.25) is 0 Å². The van der Waals surface area contributed by atoms with Crippen LogP contribution in [0.25, 0.3) is 0 Å². The van der Waals surface area contributed by atoms with E-state index in [0.717, 1.165) is 0 Å².